The molecule has 5 heteroatoms. The number of carbonyl (C=O) groups excluding carboxylic acids is 1. The molecule has 35 heavy (non-hydrogen) atoms. The van der Waals surface area contributed by atoms with Crippen LogP contribution in [-0.2, 0) is 12.2 Å². The monoisotopic (exact) mass is 482 g/mol. The first-order valence-electron chi connectivity index (χ1n) is 12.4. The van der Waals surface area contributed by atoms with Gasteiger partial charge in [-0.3, -0.25) is 4.79 Å². The van der Waals surface area contributed by atoms with E-state index in [1.807, 2.05) is 36.0 Å². The molecule has 2 atom stereocenters. The highest BCUT2D eigenvalue weighted by molar-refractivity contribution is 7.98. The highest BCUT2D eigenvalue weighted by Crippen LogP contribution is 2.38. The predicted octanol–water partition coefficient (Wildman–Crippen LogP) is 6.63. The van der Waals surface area contributed by atoms with Gasteiger partial charge in [-0.1, -0.05) is 43.3 Å². The summed E-state index contributed by atoms with van der Waals surface area (Å²) in [6.07, 6.45) is 4.85. The van der Waals surface area contributed by atoms with Crippen LogP contribution in [-0.4, -0.2) is 29.0 Å². The Hall–Kier alpha value is -3.23. The van der Waals surface area contributed by atoms with Gasteiger partial charge in [-0.05, 0) is 66.8 Å². The first-order chi connectivity index (χ1) is 17.1. The van der Waals surface area contributed by atoms with E-state index in [4.69, 9.17) is 10.00 Å². The number of ether oxygens (including phenoxy) is 1. The van der Waals surface area contributed by atoms with Gasteiger partial charge in [0.05, 0.1) is 11.6 Å². The van der Waals surface area contributed by atoms with Crippen LogP contribution in [0.5, 0.6) is 5.75 Å². The first-order valence-corrected chi connectivity index (χ1v) is 13.4. The lowest BCUT2D eigenvalue weighted by molar-refractivity contribution is 0.0359. The molecule has 2 heterocycles. The highest BCUT2D eigenvalue weighted by atomic mass is 32.2. The van der Waals surface area contributed by atoms with Crippen LogP contribution in [0.1, 0.15) is 59.7 Å². The summed E-state index contributed by atoms with van der Waals surface area (Å²) in [5.41, 5.74) is 3.98. The molecule has 3 aromatic carbocycles. The summed E-state index contributed by atoms with van der Waals surface area (Å²) in [6, 6.07) is 26.6. The Bertz CT molecular complexity index is 1220. The average molecular weight is 483 g/mol. The first kappa shape index (κ1) is 23.5. The Labute approximate surface area is 211 Å². The maximum absolute atomic E-state index is 13.4. The Morgan fingerprint density at radius 3 is 2.49 bits per heavy atom. The normalized spacial score (nSPS) is 20.9. The van der Waals surface area contributed by atoms with Crippen molar-refractivity contribution in [1.82, 2.24) is 4.90 Å². The number of aryl methyl sites for hydroxylation is 1. The largest absolute Gasteiger partial charge is 0.490 e. The quantitative estimate of drug-likeness (QED) is 0.355. The highest BCUT2D eigenvalue weighted by Gasteiger charge is 2.44. The van der Waals surface area contributed by atoms with E-state index in [-0.39, 0.29) is 24.1 Å². The van der Waals surface area contributed by atoms with E-state index >= 15 is 0 Å². The molecule has 1 amide bonds. The van der Waals surface area contributed by atoms with Crippen molar-refractivity contribution in [3.8, 4) is 11.8 Å². The van der Waals surface area contributed by atoms with Crippen LogP contribution in [0.4, 0.5) is 0 Å². The van der Waals surface area contributed by atoms with Crippen molar-refractivity contribution in [2.75, 3.05) is 0 Å². The van der Waals surface area contributed by atoms with Crippen molar-refractivity contribution in [2.45, 2.75) is 67.9 Å². The van der Waals surface area contributed by atoms with Gasteiger partial charge in [-0.15, -0.1) is 11.8 Å². The number of piperidine rings is 1. The Kier molecular flexibility index (Phi) is 7.11. The smallest absolute Gasteiger partial charge is 0.254 e. The summed E-state index contributed by atoms with van der Waals surface area (Å²) in [4.78, 5) is 16.9. The molecule has 5 rings (SSSR count). The van der Waals surface area contributed by atoms with Crippen molar-refractivity contribution in [3.05, 3.63) is 95.1 Å². The van der Waals surface area contributed by atoms with Crippen LogP contribution in [0.2, 0.25) is 0 Å². The van der Waals surface area contributed by atoms with Gasteiger partial charge in [0, 0.05) is 41.1 Å². The van der Waals surface area contributed by atoms with Gasteiger partial charge >= 0.3 is 0 Å². The Morgan fingerprint density at radius 2 is 1.77 bits per heavy atom. The molecule has 0 spiro atoms. The van der Waals surface area contributed by atoms with E-state index in [1.54, 1.807) is 12.1 Å². The second-order valence-corrected chi connectivity index (χ2v) is 10.4. The Balaban J connectivity index is 1.20. The van der Waals surface area contributed by atoms with Gasteiger partial charge < -0.3 is 9.64 Å². The Morgan fingerprint density at radius 1 is 1.03 bits per heavy atom. The summed E-state index contributed by atoms with van der Waals surface area (Å²) < 4.78 is 6.22. The van der Waals surface area contributed by atoms with Crippen molar-refractivity contribution >= 4 is 17.7 Å². The molecule has 2 bridgehead atoms. The summed E-state index contributed by atoms with van der Waals surface area (Å²) in [5.74, 6) is 1.77. The number of nitriles is 1. The number of fused-ring (bicyclic) bond motifs is 2. The van der Waals surface area contributed by atoms with E-state index in [2.05, 4.69) is 54.3 Å². The molecule has 2 aliphatic rings. The second-order valence-electron chi connectivity index (χ2n) is 9.40. The van der Waals surface area contributed by atoms with E-state index in [1.165, 1.54) is 16.0 Å². The van der Waals surface area contributed by atoms with Crippen LogP contribution in [0.25, 0.3) is 0 Å². The van der Waals surface area contributed by atoms with E-state index < -0.39 is 0 Å². The number of amides is 1. The number of carbonyl (C=O) groups is 1. The van der Waals surface area contributed by atoms with Crippen LogP contribution < -0.4 is 4.74 Å². The van der Waals surface area contributed by atoms with Crippen molar-refractivity contribution < 1.29 is 9.53 Å². The SMILES string of the molecule is CCc1ccccc1SCc1ccc(C(=O)N2C3CCC2CC(Oc2cccc(C#N)c2)C3)cc1. The molecule has 4 nitrogen and oxygen atoms in total. The maximum Gasteiger partial charge on any atom is 0.254 e. The molecule has 178 valence electrons. The zero-order valence-corrected chi connectivity index (χ0v) is 20.8. The minimum absolute atomic E-state index is 0.0795. The second kappa shape index (κ2) is 10.6. The molecule has 2 saturated heterocycles. The van der Waals surface area contributed by atoms with Gasteiger partial charge in [0.25, 0.3) is 5.91 Å². The predicted molar refractivity (Wildman–Crippen MR) is 140 cm³/mol. The van der Waals surface area contributed by atoms with Gasteiger partial charge in [0.2, 0.25) is 0 Å². The number of nitrogens with zero attached hydrogens (tertiary/aromatic N) is 2. The zero-order chi connectivity index (χ0) is 24.2. The zero-order valence-electron chi connectivity index (χ0n) is 20.0. The lowest BCUT2D eigenvalue weighted by atomic mass is 9.98. The molecule has 0 N–H and O–H groups in total. The van der Waals surface area contributed by atoms with Crippen LogP contribution in [0.3, 0.4) is 0 Å². The summed E-state index contributed by atoms with van der Waals surface area (Å²) in [7, 11) is 0. The number of thioether (sulfide) groups is 1. The molecule has 3 aromatic rings. The molecule has 0 aliphatic carbocycles. The molecule has 0 aromatic heterocycles. The molecule has 0 radical (unpaired) electrons. The lowest BCUT2D eigenvalue weighted by Crippen LogP contribution is -2.49. The lowest BCUT2D eigenvalue weighted by Gasteiger charge is -2.39. The third-order valence-electron chi connectivity index (χ3n) is 7.14. The van der Waals surface area contributed by atoms with Crippen LogP contribution in [0.15, 0.2) is 77.7 Å². The van der Waals surface area contributed by atoms with Crippen molar-refractivity contribution in [2.24, 2.45) is 0 Å². The number of hydrogen-bond donors (Lipinski definition) is 0. The maximum atomic E-state index is 13.4. The van der Waals surface area contributed by atoms with Crippen LogP contribution >= 0.6 is 11.8 Å². The molecule has 2 fully saturated rings. The van der Waals surface area contributed by atoms with E-state index in [0.717, 1.165) is 49.2 Å². The van der Waals surface area contributed by atoms with Gasteiger partial charge in [-0.25, -0.2) is 0 Å². The third-order valence-corrected chi connectivity index (χ3v) is 8.33. The molecular weight excluding hydrogens is 452 g/mol. The topological polar surface area (TPSA) is 53.3 Å². The van der Waals surface area contributed by atoms with Gasteiger partial charge in [0.1, 0.15) is 11.9 Å². The minimum Gasteiger partial charge on any atom is -0.490 e. The summed E-state index contributed by atoms with van der Waals surface area (Å²) in [6.45, 7) is 2.19. The summed E-state index contributed by atoms with van der Waals surface area (Å²) >= 11 is 1.85. The van der Waals surface area contributed by atoms with E-state index in [9.17, 15) is 4.79 Å². The number of rotatable bonds is 7. The standard InChI is InChI=1S/C30H30N2O2S/c1-2-23-7-3-4-9-29(23)35-20-21-10-12-24(13-11-21)30(33)32-25-14-15-26(32)18-28(17-25)34-27-8-5-6-22(16-27)19-31/h3-13,16,25-26,28H,2,14-15,17-18,20H2,1H3. The minimum atomic E-state index is 0.0795. The van der Waals surface area contributed by atoms with E-state index in [0.29, 0.717) is 5.56 Å². The van der Waals surface area contributed by atoms with Crippen LogP contribution in [0, 0.1) is 11.3 Å². The third kappa shape index (κ3) is 5.23. The van der Waals surface area contributed by atoms with Gasteiger partial charge in [-0.2, -0.15) is 5.26 Å². The van der Waals surface area contributed by atoms with Crippen molar-refractivity contribution in [3.63, 3.8) is 0 Å². The fourth-order valence-electron chi connectivity index (χ4n) is 5.38. The fourth-order valence-corrected chi connectivity index (χ4v) is 6.46. The molecule has 0 saturated carbocycles. The number of hydrogen-bond acceptors (Lipinski definition) is 4. The fraction of sp³-hybridized carbons (Fsp3) is 0.333. The van der Waals surface area contributed by atoms with Gasteiger partial charge in [0.15, 0.2) is 0 Å². The van der Waals surface area contributed by atoms with Crippen molar-refractivity contribution in [1.29, 1.82) is 5.26 Å². The molecule has 2 unspecified atom stereocenters. The molecule has 2 aliphatic heterocycles. The summed E-state index contributed by atoms with van der Waals surface area (Å²) in [5, 5.41) is 9.14. The molecular formula is C30H30N2O2S. The number of benzene rings is 3. The average Bonchev–Trinajstić information content (AvgIpc) is 3.17.